The van der Waals surface area contributed by atoms with E-state index in [2.05, 4.69) is 15.5 Å². The number of carbonyl (C=O) groups excluding carboxylic acids is 1. The highest BCUT2D eigenvalue weighted by molar-refractivity contribution is 6.12. The summed E-state index contributed by atoms with van der Waals surface area (Å²) in [5, 5.41) is 7.45. The van der Waals surface area contributed by atoms with Gasteiger partial charge >= 0.3 is 0 Å². The van der Waals surface area contributed by atoms with Gasteiger partial charge in [-0.1, -0.05) is 5.16 Å². The average Bonchev–Trinajstić information content (AvgIpc) is 2.89. The second-order valence-electron chi connectivity index (χ2n) is 5.39. The van der Waals surface area contributed by atoms with Crippen molar-refractivity contribution in [2.24, 2.45) is 0 Å². The number of fused-ring (bicyclic) bond motifs is 1. The maximum Gasteiger partial charge on any atom is 0.258 e. The van der Waals surface area contributed by atoms with Gasteiger partial charge in [-0.25, -0.2) is 4.98 Å². The van der Waals surface area contributed by atoms with E-state index in [-0.39, 0.29) is 5.91 Å². The number of methoxy groups -OCH3 is 1. The van der Waals surface area contributed by atoms with Crippen LogP contribution in [0.2, 0.25) is 0 Å². The number of ether oxygens (including phenoxy) is 1. The zero-order valence-electron chi connectivity index (χ0n) is 13.4. The van der Waals surface area contributed by atoms with Crippen molar-refractivity contribution in [3.05, 3.63) is 46.8 Å². The van der Waals surface area contributed by atoms with Gasteiger partial charge in [0.2, 0.25) is 0 Å². The number of hydrogen-bond donors (Lipinski definition) is 1. The van der Waals surface area contributed by atoms with E-state index in [9.17, 15) is 4.79 Å². The Morgan fingerprint density at radius 1 is 1.22 bits per heavy atom. The lowest BCUT2D eigenvalue weighted by atomic mass is 10.1. The number of pyridine rings is 1. The molecule has 0 atom stereocenters. The van der Waals surface area contributed by atoms with Crippen molar-refractivity contribution in [1.82, 2.24) is 10.1 Å². The van der Waals surface area contributed by atoms with E-state index in [0.717, 1.165) is 17.0 Å². The molecule has 0 aliphatic carbocycles. The van der Waals surface area contributed by atoms with Gasteiger partial charge in [0.05, 0.1) is 23.8 Å². The maximum atomic E-state index is 12.7. The third kappa shape index (κ3) is 2.75. The van der Waals surface area contributed by atoms with E-state index < -0.39 is 0 Å². The highest BCUT2D eigenvalue weighted by Crippen LogP contribution is 2.25. The van der Waals surface area contributed by atoms with E-state index in [1.165, 1.54) is 0 Å². The van der Waals surface area contributed by atoms with Crippen molar-refractivity contribution >= 4 is 22.7 Å². The third-order valence-electron chi connectivity index (χ3n) is 3.67. The van der Waals surface area contributed by atoms with E-state index in [4.69, 9.17) is 9.26 Å². The molecule has 3 rings (SSSR count). The molecule has 118 valence electrons. The van der Waals surface area contributed by atoms with Crippen molar-refractivity contribution in [3.63, 3.8) is 0 Å². The number of hydrogen-bond acceptors (Lipinski definition) is 5. The molecule has 0 spiro atoms. The van der Waals surface area contributed by atoms with Crippen molar-refractivity contribution in [2.75, 3.05) is 12.4 Å². The number of nitrogens with one attached hydrogen (secondary N) is 1. The van der Waals surface area contributed by atoms with E-state index in [1.807, 2.05) is 26.0 Å². The van der Waals surface area contributed by atoms with Gasteiger partial charge in [0.15, 0.2) is 0 Å². The second kappa shape index (κ2) is 5.72. The Kier molecular flexibility index (Phi) is 3.73. The molecule has 1 amide bonds. The van der Waals surface area contributed by atoms with Gasteiger partial charge in [-0.3, -0.25) is 4.79 Å². The highest BCUT2D eigenvalue weighted by atomic mass is 16.5. The first kappa shape index (κ1) is 15.0. The topological polar surface area (TPSA) is 77.2 Å². The Bertz CT molecular complexity index is 899. The Morgan fingerprint density at radius 3 is 2.70 bits per heavy atom. The third-order valence-corrected chi connectivity index (χ3v) is 3.67. The van der Waals surface area contributed by atoms with Crippen molar-refractivity contribution in [1.29, 1.82) is 0 Å². The summed E-state index contributed by atoms with van der Waals surface area (Å²) in [4.78, 5) is 17.0. The summed E-state index contributed by atoms with van der Waals surface area (Å²) in [6.45, 7) is 5.52. The molecule has 0 radical (unpaired) electrons. The van der Waals surface area contributed by atoms with Gasteiger partial charge in [0, 0.05) is 11.4 Å². The molecule has 0 unspecified atom stereocenters. The van der Waals surface area contributed by atoms with Crippen LogP contribution in [0, 0.1) is 20.8 Å². The van der Waals surface area contributed by atoms with Gasteiger partial charge in [0.1, 0.15) is 5.75 Å². The fraction of sp³-hybridized carbons (Fsp3) is 0.235. The number of amides is 1. The predicted molar refractivity (Wildman–Crippen MR) is 87.0 cm³/mol. The molecule has 0 saturated carbocycles. The molecule has 0 aliphatic heterocycles. The largest absolute Gasteiger partial charge is 0.497 e. The Hall–Kier alpha value is -2.89. The molecule has 23 heavy (non-hydrogen) atoms. The number of carbonyl (C=O) groups is 1. The summed E-state index contributed by atoms with van der Waals surface area (Å²) >= 11 is 0. The van der Waals surface area contributed by atoms with Gasteiger partial charge in [-0.2, -0.15) is 0 Å². The standard InChI is InChI=1S/C17H17N3O3/c1-9-7-12(22-4)5-6-14(9)19-16(21)13-8-10(2)18-17-15(13)11(3)20-23-17/h5-8H,1-4H3,(H,19,21). The van der Waals surface area contributed by atoms with Gasteiger partial charge < -0.3 is 14.6 Å². The minimum Gasteiger partial charge on any atom is -0.497 e. The predicted octanol–water partition coefficient (Wildman–Crippen LogP) is 3.41. The smallest absolute Gasteiger partial charge is 0.258 e. The molecule has 6 nitrogen and oxygen atoms in total. The number of anilines is 1. The molecule has 0 fully saturated rings. The second-order valence-corrected chi connectivity index (χ2v) is 5.39. The molecular formula is C17H17N3O3. The van der Waals surface area contributed by atoms with E-state index in [0.29, 0.717) is 28.1 Å². The van der Waals surface area contributed by atoms with Crippen molar-refractivity contribution < 1.29 is 14.1 Å². The molecule has 0 bridgehead atoms. The molecular weight excluding hydrogens is 294 g/mol. The van der Waals surface area contributed by atoms with Crippen LogP contribution in [0.1, 0.15) is 27.3 Å². The molecule has 1 N–H and O–H groups in total. The number of rotatable bonds is 3. The number of aromatic nitrogens is 2. The average molecular weight is 311 g/mol. The van der Waals surface area contributed by atoms with Crippen molar-refractivity contribution in [3.8, 4) is 5.75 Å². The van der Waals surface area contributed by atoms with Gasteiger partial charge in [0.25, 0.3) is 11.6 Å². The summed E-state index contributed by atoms with van der Waals surface area (Å²) < 4.78 is 10.3. The van der Waals surface area contributed by atoms with Crippen LogP contribution in [0.5, 0.6) is 5.75 Å². The molecule has 0 saturated heterocycles. The fourth-order valence-electron chi connectivity index (χ4n) is 2.49. The minimum atomic E-state index is -0.222. The molecule has 1 aromatic carbocycles. The number of benzene rings is 1. The Labute approximate surface area is 133 Å². The zero-order valence-corrected chi connectivity index (χ0v) is 13.4. The fourth-order valence-corrected chi connectivity index (χ4v) is 2.49. The summed E-state index contributed by atoms with van der Waals surface area (Å²) in [5.41, 5.74) is 3.87. The van der Waals surface area contributed by atoms with Crippen LogP contribution < -0.4 is 10.1 Å². The summed E-state index contributed by atoms with van der Waals surface area (Å²) in [6, 6.07) is 7.23. The van der Waals surface area contributed by atoms with Crippen LogP contribution >= 0.6 is 0 Å². The molecule has 2 heterocycles. The lowest BCUT2D eigenvalue weighted by Crippen LogP contribution is -2.14. The quantitative estimate of drug-likeness (QED) is 0.802. The zero-order chi connectivity index (χ0) is 16.6. The maximum absolute atomic E-state index is 12.7. The summed E-state index contributed by atoms with van der Waals surface area (Å²) in [6.07, 6.45) is 0. The molecule has 2 aromatic heterocycles. The number of aryl methyl sites for hydroxylation is 3. The lowest BCUT2D eigenvalue weighted by molar-refractivity contribution is 0.102. The first-order valence-corrected chi connectivity index (χ1v) is 7.19. The first-order chi connectivity index (χ1) is 11.0. The Balaban J connectivity index is 2.00. The normalized spacial score (nSPS) is 10.8. The van der Waals surface area contributed by atoms with E-state index in [1.54, 1.807) is 26.2 Å². The summed E-state index contributed by atoms with van der Waals surface area (Å²) in [5.74, 6) is 0.526. The Morgan fingerprint density at radius 2 is 2.00 bits per heavy atom. The van der Waals surface area contributed by atoms with Crippen LogP contribution in [0.4, 0.5) is 5.69 Å². The number of nitrogens with zero attached hydrogens (tertiary/aromatic N) is 2. The SMILES string of the molecule is COc1ccc(NC(=O)c2cc(C)nc3onc(C)c23)c(C)c1. The van der Waals surface area contributed by atoms with Crippen LogP contribution in [0.25, 0.3) is 11.1 Å². The lowest BCUT2D eigenvalue weighted by Gasteiger charge is -2.10. The van der Waals surface area contributed by atoms with Crippen LogP contribution in [-0.4, -0.2) is 23.2 Å². The molecule has 3 aromatic rings. The monoisotopic (exact) mass is 311 g/mol. The highest BCUT2D eigenvalue weighted by Gasteiger charge is 2.18. The van der Waals surface area contributed by atoms with Crippen molar-refractivity contribution in [2.45, 2.75) is 20.8 Å². The summed E-state index contributed by atoms with van der Waals surface area (Å²) in [7, 11) is 1.61. The molecule has 0 aliphatic rings. The first-order valence-electron chi connectivity index (χ1n) is 7.19. The van der Waals surface area contributed by atoms with Gasteiger partial charge in [-0.05, 0) is 50.6 Å². The van der Waals surface area contributed by atoms with Crippen LogP contribution in [0.15, 0.2) is 28.8 Å². The molecule has 6 heteroatoms. The van der Waals surface area contributed by atoms with E-state index >= 15 is 0 Å². The van der Waals surface area contributed by atoms with Crippen LogP contribution in [-0.2, 0) is 0 Å². The van der Waals surface area contributed by atoms with Crippen LogP contribution in [0.3, 0.4) is 0 Å². The van der Waals surface area contributed by atoms with Gasteiger partial charge in [-0.15, -0.1) is 0 Å². The minimum absolute atomic E-state index is 0.222.